The minimum atomic E-state index is 0.377. The summed E-state index contributed by atoms with van der Waals surface area (Å²) >= 11 is 9.42. The molecule has 2 aromatic rings. The van der Waals surface area contributed by atoms with Crippen LogP contribution in [0, 0.1) is 11.3 Å². The predicted octanol–water partition coefficient (Wildman–Crippen LogP) is 6.13. The zero-order chi connectivity index (χ0) is 18.2. The molecule has 2 rings (SSSR count). The highest BCUT2D eigenvalue weighted by Crippen LogP contribution is 2.38. The molecule has 25 heavy (non-hydrogen) atoms. The fourth-order valence-corrected chi connectivity index (χ4v) is 2.89. The molecule has 0 aromatic heterocycles. The van der Waals surface area contributed by atoms with E-state index in [2.05, 4.69) is 28.6 Å². The van der Waals surface area contributed by atoms with Crippen molar-refractivity contribution in [1.29, 1.82) is 5.26 Å². The lowest BCUT2D eigenvalue weighted by Gasteiger charge is -2.14. The zero-order valence-electron chi connectivity index (χ0n) is 13.8. The van der Waals surface area contributed by atoms with Crippen molar-refractivity contribution in [3.63, 3.8) is 0 Å². The molecule has 0 aliphatic rings. The summed E-state index contributed by atoms with van der Waals surface area (Å²) in [5, 5.41) is 10.1. The smallest absolute Gasteiger partial charge is 0.175 e. The van der Waals surface area contributed by atoms with Crippen molar-refractivity contribution in [2.75, 3.05) is 13.2 Å². The van der Waals surface area contributed by atoms with Gasteiger partial charge in [0.1, 0.15) is 6.61 Å². The highest BCUT2D eigenvalue weighted by atomic mass is 79.9. The molecule has 0 aliphatic carbocycles. The molecule has 0 bridgehead atoms. The van der Waals surface area contributed by atoms with Crippen LogP contribution in [-0.4, -0.2) is 13.2 Å². The maximum absolute atomic E-state index is 9.49. The number of nitrogens with zero attached hydrogens (tertiary/aromatic N) is 1. The van der Waals surface area contributed by atoms with Crippen molar-refractivity contribution in [3.8, 4) is 17.6 Å². The first-order valence-electron chi connectivity index (χ1n) is 7.66. The second kappa shape index (κ2) is 9.31. The van der Waals surface area contributed by atoms with Crippen LogP contribution >= 0.6 is 27.5 Å². The third-order valence-electron chi connectivity index (χ3n) is 3.26. The van der Waals surface area contributed by atoms with Crippen LogP contribution in [0.3, 0.4) is 0 Å². The largest absolute Gasteiger partial charge is 0.490 e. The van der Waals surface area contributed by atoms with Gasteiger partial charge in [-0.1, -0.05) is 36.4 Å². The molecule has 3 nitrogen and oxygen atoms in total. The summed E-state index contributed by atoms with van der Waals surface area (Å²) in [4.78, 5) is 0. The van der Waals surface area contributed by atoms with Crippen molar-refractivity contribution in [3.05, 3.63) is 69.7 Å². The Morgan fingerprint density at radius 3 is 2.60 bits per heavy atom. The lowest BCUT2D eigenvalue weighted by Crippen LogP contribution is -2.00. The average Bonchev–Trinajstić information content (AvgIpc) is 2.60. The first-order chi connectivity index (χ1) is 12.1. The number of allylic oxidation sites excluding steroid dienone is 1. The lowest BCUT2D eigenvalue weighted by atomic mass is 10.0. The van der Waals surface area contributed by atoms with E-state index in [0.29, 0.717) is 35.3 Å². The van der Waals surface area contributed by atoms with Crippen LogP contribution in [0.15, 0.2) is 53.5 Å². The number of halogens is 2. The molecule has 0 fully saturated rings. The minimum absolute atomic E-state index is 0.377. The molecule has 0 radical (unpaired) electrons. The third-order valence-corrected chi connectivity index (χ3v) is 4.10. The van der Waals surface area contributed by atoms with Crippen molar-refractivity contribution in [2.24, 2.45) is 0 Å². The van der Waals surface area contributed by atoms with Crippen LogP contribution in [0.4, 0.5) is 0 Å². The number of ether oxygens (including phenoxy) is 2. The summed E-state index contributed by atoms with van der Waals surface area (Å²) in [7, 11) is 0. The molecule has 0 saturated heterocycles. The van der Waals surface area contributed by atoms with E-state index >= 15 is 0 Å². The number of benzene rings is 2. The molecular weight excluding hydrogens is 402 g/mol. The van der Waals surface area contributed by atoms with E-state index < -0.39 is 0 Å². The van der Waals surface area contributed by atoms with Crippen LogP contribution in [0.2, 0.25) is 5.02 Å². The molecule has 0 heterocycles. The van der Waals surface area contributed by atoms with Crippen LogP contribution in [0.5, 0.6) is 11.5 Å². The standard InChI is InChI=1S/C20H17BrClNO2/c1-3-9-25-20-18(21)11-14(12-19(20)24-4-2)10-16(13-23)15-5-7-17(22)8-6-15/h3,5-8,10-12H,1,4,9H2,2H3/b16-10+. The fraction of sp³-hybridized carbons (Fsp3) is 0.150. The van der Waals surface area contributed by atoms with Crippen molar-refractivity contribution in [2.45, 2.75) is 6.92 Å². The van der Waals surface area contributed by atoms with Crippen LogP contribution in [0.1, 0.15) is 18.1 Å². The van der Waals surface area contributed by atoms with Gasteiger partial charge in [-0.25, -0.2) is 0 Å². The average molecular weight is 419 g/mol. The van der Waals surface area contributed by atoms with Gasteiger partial charge in [0, 0.05) is 5.02 Å². The Kier molecular flexibility index (Phi) is 7.12. The summed E-state index contributed by atoms with van der Waals surface area (Å²) in [6, 6.07) is 13.1. The molecular formula is C20H17BrClNO2. The fourth-order valence-electron chi connectivity index (χ4n) is 2.19. The van der Waals surface area contributed by atoms with E-state index in [1.807, 2.05) is 31.2 Å². The molecule has 0 aliphatic heterocycles. The van der Waals surface area contributed by atoms with E-state index in [1.165, 1.54) is 0 Å². The monoisotopic (exact) mass is 417 g/mol. The van der Waals surface area contributed by atoms with Gasteiger partial charge in [-0.2, -0.15) is 5.26 Å². The Morgan fingerprint density at radius 2 is 2.00 bits per heavy atom. The summed E-state index contributed by atoms with van der Waals surface area (Å²) in [5.41, 5.74) is 2.16. The van der Waals surface area contributed by atoms with Crippen molar-refractivity contribution >= 4 is 39.2 Å². The normalized spacial score (nSPS) is 10.9. The molecule has 0 amide bonds. The van der Waals surface area contributed by atoms with Gasteiger partial charge in [0.2, 0.25) is 0 Å². The molecule has 2 aromatic carbocycles. The molecule has 5 heteroatoms. The first kappa shape index (κ1) is 19.1. The molecule has 128 valence electrons. The van der Waals surface area contributed by atoms with E-state index in [9.17, 15) is 5.26 Å². The third kappa shape index (κ3) is 5.12. The molecule has 0 N–H and O–H groups in total. The summed E-state index contributed by atoms with van der Waals surface area (Å²) in [6.45, 7) is 6.44. The molecule has 0 spiro atoms. The lowest BCUT2D eigenvalue weighted by molar-refractivity contribution is 0.295. The predicted molar refractivity (Wildman–Crippen MR) is 106 cm³/mol. The Balaban J connectivity index is 2.45. The number of hydrogen-bond acceptors (Lipinski definition) is 3. The van der Waals surface area contributed by atoms with E-state index in [4.69, 9.17) is 21.1 Å². The summed E-state index contributed by atoms with van der Waals surface area (Å²) < 4.78 is 12.1. The number of rotatable bonds is 7. The molecule has 0 unspecified atom stereocenters. The number of hydrogen-bond donors (Lipinski definition) is 0. The maximum Gasteiger partial charge on any atom is 0.175 e. The molecule has 0 saturated carbocycles. The van der Waals surface area contributed by atoms with Gasteiger partial charge in [-0.3, -0.25) is 0 Å². The topological polar surface area (TPSA) is 42.2 Å². The highest BCUT2D eigenvalue weighted by Gasteiger charge is 2.12. The van der Waals surface area contributed by atoms with Crippen molar-refractivity contribution in [1.82, 2.24) is 0 Å². The SMILES string of the molecule is C=CCOc1c(Br)cc(/C=C(\C#N)c2ccc(Cl)cc2)cc1OCC. The Hall–Kier alpha value is -2.22. The highest BCUT2D eigenvalue weighted by molar-refractivity contribution is 9.10. The number of nitriles is 1. The Bertz CT molecular complexity index is 823. The van der Waals surface area contributed by atoms with Crippen LogP contribution in [-0.2, 0) is 0 Å². The second-order valence-corrected chi connectivity index (χ2v) is 6.33. The van der Waals surface area contributed by atoms with Gasteiger partial charge in [-0.05, 0) is 64.3 Å². The quantitative estimate of drug-likeness (QED) is 0.308. The summed E-state index contributed by atoms with van der Waals surface area (Å²) in [5.74, 6) is 1.22. The zero-order valence-corrected chi connectivity index (χ0v) is 16.1. The van der Waals surface area contributed by atoms with Gasteiger partial charge in [0.05, 0.1) is 22.7 Å². The first-order valence-corrected chi connectivity index (χ1v) is 8.84. The van der Waals surface area contributed by atoms with Gasteiger partial charge < -0.3 is 9.47 Å². The van der Waals surface area contributed by atoms with Gasteiger partial charge in [0.25, 0.3) is 0 Å². The van der Waals surface area contributed by atoms with Crippen LogP contribution < -0.4 is 9.47 Å². The molecule has 0 atom stereocenters. The van der Waals surface area contributed by atoms with Crippen LogP contribution in [0.25, 0.3) is 11.6 Å². The van der Waals surface area contributed by atoms with E-state index in [0.717, 1.165) is 15.6 Å². The van der Waals surface area contributed by atoms with Gasteiger partial charge >= 0.3 is 0 Å². The maximum atomic E-state index is 9.49. The summed E-state index contributed by atoms with van der Waals surface area (Å²) in [6.07, 6.45) is 3.47. The van der Waals surface area contributed by atoms with Crippen molar-refractivity contribution < 1.29 is 9.47 Å². The Morgan fingerprint density at radius 1 is 1.28 bits per heavy atom. The van der Waals surface area contributed by atoms with Gasteiger partial charge in [-0.15, -0.1) is 0 Å². The minimum Gasteiger partial charge on any atom is -0.490 e. The Labute approximate surface area is 161 Å². The van der Waals surface area contributed by atoms with E-state index in [-0.39, 0.29) is 0 Å². The second-order valence-electron chi connectivity index (χ2n) is 5.04. The van der Waals surface area contributed by atoms with E-state index in [1.54, 1.807) is 24.3 Å². The van der Waals surface area contributed by atoms with Gasteiger partial charge in [0.15, 0.2) is 11.5 Å².